The molecule has 0 aliphatic rings. The van der Waals surface area contributed by atoms with Crippen LogP contribution in [-0.2, 0) is 0 Å². The predicted molar refractivity (Wildman–Crippen MR) is 86.1 cm³/mol. The summed E-state index contributed by atoms with van der Waals surface area (Å²) in [5.74, 6) is 0.839. The largest absolute Gasteiger partial charge is 0.490 e. The van der Waals surface area contributed by atoms with Gasteiger partial charge in [-0.2, -0.15) is 0 Å². The highest BCUT2D eigenvalue weighted by Crippen LogP contribution is 2.39. The third kappa shape index (κ3) is 2.41. The van der Waals surface area contributed by atoms with Crippen molar-refractivity contribution in [3.63, 3.8) is 0 Å². The summed E-state index contributed by atoms with van der Waals surface area (Å²) in [6, 6.07) is 4.10. The number of ether oxygens (including phenoxy) is 1. The van der Waals surface area contributed by atoms with Gasteiger partial charge in [0.2, 0.25) is 0 Å². The fraction of sp³-hybridized carbons (Fsp3) is 0.400. The second-order valence-electron chi connectivity index (χ2n) is 5.26. The molecule has 2 aromatic heterocycles. The molecule has 3 nitrogen and oxygen atoms in total. The highest BCUT2D eigenvalue weighted by atomic mass is 32.1. The average molecular weight is 307 g/mol. The van der Waals surface area contributed by atoms with Gasteiger partial charge >= 0.3 is 0 Å². The molecule has 0 fully saturated rings. The predicted octanol–water partition coefficient (Wildman–Crippen LogP) is 4.36. The van der Waals surface area contributed by atoms with Crippen molar-refractivity contribution < 1.29 is 9.84 Å². The smallest absolute Gasteiger partial charge is 0.129 e. The number of nitrogens with zero attached hydrogens (tertiary/aromatic N) is 1. The van der Waals surface area contributed by atoms with Gasteiger partial charge in [-0.3, -0.25) is 0 Å². The highest BCUT2D eigenvalue weighted by Gasteiger charge is 2.20. The van der Waals surface area contributed by atoms with Crippen molar-refractivity contribution in [3.8, 4) is 5.75 Å². The first-order chi connectivity index (χ1) is 9.50. The summed E-state index contributed by atoms with van der Waals surface area (Å²) >= 11 is 3.36. The molecule has 1 unspecified atom stereocenters. The summed E-state index contributed by atoms with van der Waals surface area (Å²) in [5, 5.41) is 14.3. The van der Waals surface area contributed by atoms with E-state index in [9.17, 15) is 5.11 Å². The molecule has 1 atom stereocenters. The standard InChI is InChI=1S/C15H17NO2S2/c1-4-15(3,17)8-18-11-7-12-13(16-9(2)20-12)14-10(11)5-6-19-14/h5-7,17H,4,8H2,1-3H3. The highest BCUT2D eigenvalue weighted by molar-refractivity contribution is 7.21. The van der Waals surface area contributed by atoms with Crippen molar-refractivity contribution in [1.29, 1.82) is 0 Å². The quantitative estimate of drug-likeness (QED) is 0.778. The van der Waals surface area contributed by atoms with E-state index in [4.69, 9.17) is 4.74 Å². The van der Waals surface area contributed by atoms with Gasteiger partial charge < -0.3 is 9.84 Å². The molecule has 3 aromatic rings. The summed E-state index contributed by atoms with van der Waals surface area (Å²) in [7, 11) is 0. The molecule has 0 spiro atoms. The van der Waals surface area contributed by atoms with Crippen molar-refractivity contribution in [2.45, 2.75) is 32.8 Å². The number of thiazole rings is 1. The van der Waals surface area contributed by atoms with Crippen molar-refractivity contribution in [3.05, 3.63) is 22.5 Å². The van der Waals surface area contributed by atoms with E-state index in [1.54, 1.807) is 29.6 Å². The van der Waals surface area contributed by atoms with Gasteiger partial charge in [-0.15, -0.1) is 22.7 Å². The van der Waals surface area contributed by atoms with Crippen molar-refractivity contribution in [2.75, 3.05) is 6.61 Å². The van der Waals surface area contributed by atoms with E-state index >= 15 is 0 Å². The SMILES string of the molecule is CCC(C)(O)COc1cc2sc(C)nc2c2sccc12. The number of benzene rings is 1. The zero-order chi connectivity index (χ0) is 14.3. The lowest BCUT2D eigenvalue weighted by molar-refractivity contribution is 0.00901. The first-order valence-corrected chi connectivity index (χ1v) is 8.32. The Morgan fingerprint density at radius 1 is 1.45 bits per heavy atom. The van der Waals surface area contributed by atoms with Crippen LogP contribution in [0.1, 0.15) is 25.3 Å². The Labute approximate surface area is 125 Å². The number of aryl methyl sites for hydroxylation is 1. The van der Waals surface area contributed by atoms with E-state index in [1.165, 1.54) is 0 Å². The van der Waals surface area contributed by atoms with E-state index in [0.29, 0.717) is 13.0 Å². The van der Waals surface area contributed by atoms with Gasteiger partial charge in [-0.1, -0.05) is 6.92 Å². The molecule has 3 rings (SSSR count). The Morgan fingerprint density at radius 2 is 2.25 bits per heavy atom. The van der Waals surface area contributed by atoms with Gasteiger partial charge in [0.05, 0.1) is 25.5 Å². The molecule has 0 saturated carbocycles. The second-order valence-corrected chi connectivity index (χ2v) is 7.41. The number of thiophene rings is 1. The van der Waals surface area contributed by atoms with E-state index in [2.05, 4.69) is 16.4 Å². The molecule has 2 heterocycles. The van der Waals surface area contributed by atoms with Crippen LogP contribution in [-0.4, -0.2) is 22.3 Å². The van der Waals surface area contributed by atoms with E-state index in [-0.39, 0.29) is 0 Å². The summed E-state index contributed by atoms with van der Waals surface area (Å²) < 4.78 is 8.19. The molecule has 5 heteroatoms. The molecule has 0 saturated heterocycles. The number of rotatable bonds is 4. The number of hydrogen-bond donors (Lipinski definition) is 1. The summed E-state index contributed by atoms with van der Waals surface area (Å²) in [5.41, 5.74) is 0.271. The fourth-order valence-corrected chi connectivity index (χ4v) is 3.87. The van der Waals surface area contributed by atoms with Crippen LogP contribution in [0.2, 0.25) is 0 Å². The third-order valence-corrected chi connectivity index (χ3v) is 5.31. The van der Waals surface area contributed by atoms with Crippen molar-refractivity contribution >= 4 is 43.0 Å². The van der Waals surface area contributed by atoms with Gasteiger partial charge in [-0.05, 0) is 31.7 Å². The van der Waals surface area contributed by atoms with Gasteiger partial charge in [0.25, 0.3) is 0 Å². The number of fused-ring (bicyclic) bond motifs is 3. The average Bonchev–Trinajstić information content (AvgIpc) is 3.01. The van der Waals surface area contributed by atoms with Crippen molar-refractivity contribution in [2.24, 2.45) is 0 Å². The minimum Gasteiger partial charge on any atom is -0.490 e. The molecular formula is C15H17NO2S2. The molecule has 1 aromatic carbocycles. The fourth-order valence-electron chi connectivity index (χ4n) is 2.04. The van der Waals surface area contributed by atoms with E-state index < -0.39 is 5.60 Å². The van der Waals surface area contributed by atoms with Crippen LogP contribution in [0.25, 0.3) is 20.3 Å². The van der Waals surface area contributed by atoms with Gasteiger partial charge in [-0.25, -0.2) is 4.98 Å². The topological polar surface area (TPSA) is 42.4 Å². The molecule has 0 amide bonds. The number of aromatic nitrogens is 1. The molecule has 0 radical (unpaired) electrons. The summed E-state index contributed by atoms with van der Waals surface area (Å²) in [4.78, 5) is 4.60. The Balaban J connectivity index is 2.06. The van der Waals surface area contributed by atoms with Gasteiger partial charge in [0.15, 0.2) is 0 Å². The van der Waals surface area contributed by atoms with Crippen LogP contribution in [0.15, 0.2) is 17.5 Å². The van der Waals surface area contributed by atoms with E-state index in [0.717, 1.165) is 31.1 Å². The van der Waals surface area contributed by atoms with Crippen LogP contribution >= 0.6 is 22.7 Å². The van der Waals surface area contributed by atoms with Crippen LogP contribution in [0.5, 0.6) is 5.75 Å². The normalized spacial score (nSPS) is 14.8. The lowest BCUT2D eigenvalue weighted by Crippen LogP contribution is -2.31. The monoisotopic (exact) mass is 307 g/mol. The summed E-state index contributed by atoms with van der Waals surface area (Å²) in [6.07, 6.45) is 0.668. The number of hydrogen-bond acceptors (Lipinski definition) is 5. The summed E-state index contributed by atoms with van der Waals surface area (Å²) in [6.45, 7) is 6.08. The lowest BCUT2D eigenvalue weighted by atomic mass is 10.1. The van der Waals surface area contributed by atoms with Crippen LogP contribution in [0.4, 0.5) is 0 Å². The minimum atomic E-state index is -0.791. The molecule has 0 bridgehead atoms. The first kappa shape index (κ1) is 13.8. The first-order valence-electron chi connectivity index (χ1n) is 6.63. The third-order valence-electron chi connectivity index (χ3n) is 3.47. The zero-order valence-corrected chi connectivity index (χ0v) is 13.4. The molecule has 0 aliphatic heterocycles. The molecule has 1 N–H and O–H groups in total. The van der Waals surface area contributed by atoms with E-state index in [1.807, 2.05) is 19.9 Å². The molecule has 106 valence electrons. The maximum atomic E-state index is 10.1. The second kappa shape index (κ2) is 4.98. The molecule has 0 aliphatic carbocycles. The molecule has 20 heavy (non-hydrogen) atoms. The Hall–Kier alpha value is -1.17. The Morgan fingerprint density at radius 3 is 3.00 bits per heavy atom. The minimum absolute atomic E-state index is 0.303. The van der Waals surface area contributed by atoms with Crippen LogP contribution < -0.4 is 4.74 Å². The van der Waals surface area contributed by atoms with Crippen LogP contribution in [0.3, 0.4) is 0 Å². The maximum absolute atomic E-state index is 10.1. The van der Waals surface area contributed by atoms with Gasteiger partial charge in [0, 0.05) is 11.5 Å². The Kier molecular flexibility index (Phi) is 3.44. The van der Waals surface area contributed by atoms with Crippen molar-refractivity contribution in [1.82, 2.24) is 4.98 Å². The maximum Gasteiger partial charge on any atom is 0.129 e. The van der Waals surface area contributed by atoms with Crippen LogP contribution in [0, 0.1) is 6.92 Å². The zero-order valence-electron chi connectivity index (χ0n) is 11.8. The lowest BCUT2D eigenvalue weighted by Gasteiger charge is -2.21. The number of aliphatic hydroxyl groups is 1. The Bertz CT molecular complexity index is 758. The van der Waals surface area contributed by atoms with Gasteiger partial charge in [0.1, 0.15) is 12.4 Å². The molecular weight excluding hydrogens is 290 g/mol.